The minimum Gasteiger partial charge on any atom is -0.352 e. The van der Waals surface area contributed by atoms with Gasteiger partial charge in [0, 0.05) is 12.6 Å². The lowest BCUT2D eigenvalue weighted by atomic mass is 9.97. The van der Waals surface area contributed by atoms with Crippen LogP contribution in [0.3, 0.4) is 0 Å². The number of nitrogens with one attached hydrogen (secondary N) is 1. The van der Waals surface area contributed by atoms with Crippen LogP contribution in [0.15, 0.2) is 60.8 Å². The van der Waals surface area contributed by atoms with Gasteiger partial charge in [-0.1, -0.05) is 88.8 Å². The monoisotopic (exact) mass is 287 g/mol. The zero-order chi connectivity index (χ0) is 16.0. The molecule has 0 aliphatic heterocycles. The summed E-state index contributed by atoms with van der Waals surface area (Å²) in [6.07, 6.45) is 21.4. The molecule has 2 nitrogen and oxygen atoms in total. The maximum atomic E-state index is 11.5. The van der Waals surface area contributed by atoms with Crippen LogP contribution in [0.25, 0.3) is 0 Å². The first-order chi connectivity index (χ1) is 9.95. The van der Waals surface area contributed by atoms with Gasteiger partial charge in [-0.2, -0.15) is 0 Å². The minimum atomic E-state index is -0.0560. The molecule has 0 aromatic rings. The van der Waals surface area contributed by atoms with Crippen molar-refractivity contribution in [1.82, 2.24) is 5.32 Å². The molecule has 0 radical (unpaired) electrons. The fraction of sp³-hybridized carbons (Fsp3) is 0.421. The van der Waals surface area contributed by atoms with E-state index in [0.29, 0.717) is 6.54 Å². The predicted octanol–water partition coefficient (Wildman–Crippen LogP) is 4.73. The van der Waals surface area contributed by atoms with Crippen LogP contribution < -0.4 is 5.32 Å². The molecule has 0 heterocycles. The molecule has 0 atom stereocenters. The average molecular weight is 287 g/mol. The Bertz CT molecular complexity index is 417. The highest BCUT2D eigenvalue weighted by molar-refractivity contribution is 5.87. The molecule has 0 aromatic heterocycles. The highest BCUT2D eigenvalue weighted by atomic mass is 16.1. The summed E-state index contributed by atoms with van der Waals surface area (Å²) < 4.78 is 0. The molecule has 116 valence electrons. The molecule has 2 heteroatoms. The molecule has 0 unspecified atom stereocenters. The van der Waals surface area contributed by atoms with Gasteiger partial charge in [0.1, 0.15) is 0 Å². The lowest BCUT2D eigenvalue weighted by molar-refractivity contribution is -0.116. The third-order valence-corrected chi connectivity index (χ3v) is 2.41. The van der Waals surface area contributed by atoms with Crippen LogP contribution >= 0.6 is 0 Å². The van der Waals surface area contributed by atoms with Crippen molar-refractivity contribution < 1.29 is 4.79 Å². The van der Waals surface area contributed by atoms with Crippen LogP contribution in [0.2, 0.25) is 0 Å². The average Bonchev–Trinajstić information content (AvgIpc) is 2.42. The van der Waals surface area contributed by atoms with Gasteiger partial charge in [0.25, 0.3) is 0 Å². The second kappa shape index (κ2) is 12.0. The van der Waals surface area contributed by atoms with Gasteiger partial charge in [0.15, 0.2) is 0 Å². The Labute approximate surface area is 130 Å². The number of hydrogen-bond donors (Lipinski definition) is 1. The fourth-order valence-corrected chi connectivity index (χ4v) is 1.28. The zero-order valence-corrected chi connectivity index (χ0v) is 13.8. The third kappa shape index (κ3) is 16.1. The van der Waals surface area contributed by atoms with Crippen molar-refractivity contribution in [3.05, 3.63) is 60.8 Å². The number of allylic oxidation sites excluding steroid dienone is 9. The van der Waals surface area contributed by atoms with E-state index in [1.54, 1.807) is 12.2 Å². The fourth-order valence-electron chi connectivity index (χ4n) is 1.28. The topological polar surface area (TPSA) is 29.1 Å². The van der Waals surface area contributed by atoms with Crippen molar-refractivity contribution in [3.63, 3.8) is 0 Å². The van der Waals surface area contributed by atoms with E-state index >= 15 is 0 Å². The first-order valence-corrected chi connectivity index (χ1v) is 7.57. The van der Waals surface area contributed by atoms with E-state index < -0.39 is 0 Å². The largest absolute Gasteiger partial charge is 0.352 e. The molecule has 0 aliphatic carbocycles. The van der Waals surface area contributed by atoms with Crippen LogP contribution in [0.5, 0.6) is 0 Å². The summed E-state index contributed by atoms with van der Waals surface area (Å²) in [5.74, 6) is -0.0560. The molecular weight excluding hydrogens is 258 g/mol. The second-order valence-electron chi connectivity index (χ2n) is 6.01. The predicted molar refractivity (Wildman–Crippen MR) is 93.1 cm³/mol. The van der Waals surface area contributed by atoms with Gasteiger partial charge in [-0.15, -0.1) is 0 Å². The highest BCUT2D eigenvalue weighted by Crippen LogP contribution is 2.09. The first-order valence-electron chi connectivity index (χ1n) is 7.57. The number of hydrogen-bond acceptors (Lipinski definition) is 1. The molecule has 0 fully saturated rings. The Balaban J connectivity index is 3.89. The molecule has 1 N–H and O–H groups in total. The van der Waals surface area contributed by atoms with Crippen molar-refractivity contribution >= 4 is 5.91 Å². The van der Waals surface area contributed by atoms with Crippen LogP contribution in [-0.4, -0.2) is 12.5 Å². The SMILES string of the molecule is CCCC=CC=CC=C/C=C/C=C/C(=O)NCC(C)(C)C. The molecule has 1 amide bonds. The molecular formula is C19H29NO. The Hall–Kier alpha value is -1.83. The van der Waals surface area contributed by atoms with Gasteiger partial charge >= 0.3 is 0 Å². The van der Waals surface area contributed by atoms with E-state index in [2.05, 4.69) is 45.2 Å². The van der Waals surface area contributed by atoms with Crippen molar-refractivity contribution in [2.24, 2.45) is 5.41 Å². The molecule has 0 bridgehead atoms. The van der Waals surface area contributed by atoms with Gasteiger partial charge < -0.3 is 5.32 Å². The highest BCUT2D eigenvalue weighted by Gasteiger charge is 2.09. The Morgan fingerprint density at radius 1 is 0.905 bits per heavy atom. The van der Waals surface area contributed by atoms with E-state index in [1.165, 1.54) is 6.42 Å². The van der Waals surface area contributed by atoms with Crippen LogP contribution in [0.1, 0.15) is 40.5 Å². The molecule has 0 aromatic carbocycles. The zero-order valence-electron chi connectivity index (χ0n) is 13.8. The van der Waals surface area contributed by atoms with Gasteiger partial charge in [0.05, 0.1) is 0 Å². The maximum absolute atomic E-state index is 11.5. The number of rotatable bonds is 8. The summed E-state index contributed by atoms with van der Waals surface area (Å²) in [5, 5.41) is 2.86. The van der Waals surface area contributed by atoms with Gasteiger partial charge in [-0.05, 0) is 11.8 Å². The number of carbonyl (C=O) groups excluding carboxylic acids is 1. The van der Waals surface area contributed by atoms with Crippen LogP contribution in [-0.2, 0) is 4.79 Å². The number of unbranched alkanes of at least 4 members (excludes halogenated alkanes) is 1. The van der Waals surface area contributed by atoms with Crippen molar-refractivity contribution in [1.29, 1.82) is 0 Å². The molecule has 21 heavy (non-hydrogen) atoms. The van der Waals surface area contributed by atoms with Crippen molar-refractivity contribution in [3.8, 4) is 0 Å². The van der Waals surface area contributed by atoms with Gasteiger partial charge in [0.2, 0.25) is 5.91 Å². The van der Waals surface area contributed by atoms with E-state index in [1.807, 2.05) is 36.5 Å². The lowest BCUT2D eigenvalue weighted by Crippen LogP contribution is -2.30. The minimum absolute atomic E-state index is 0.0560. The van der Waals surface area contributed by atoms with E-state index in [0.717, 1.165) is 6.42 Å². The molecule has 0 aliphatic rings. The maximum Gasteiger partial charge on any atom is 0.243 e. The van der Waals surface area contributed by atoms with Gasteiger partial charge in [-0.3, -0.25) is 4.79 Å². The summed E-state index contributed by atoms with van der Waals surface area (Å²) in [7, 11) is 0. The standard InChI is InChI=1S/C19H29NO/c1-5-6-7-8-9-10-11-12-13-14-15-16-18(21)20-17-19(2,3)4/h7-16H,5-6,17H2,1-4H3,(H,20,21)/b8-7?,10-9?,12-11?,14-13+,16-15+. The van der Waals surface area contributed by atoms with E-state index in [-0.39, 0.29) is 11.3 Å². The molecule has 0 rings (SSSR count). The Morgan fingerprint density at radius 3 is 1.95 bits per heavy atom. The summed E-state index contributed by atoms with van der Waals surface area (Å²) in [4.78, 5) is 11.5. The summed E-state index contributed by atoms with van der Waals surface area (Å²) in [5.41, 5.74) is 0.111. The number of amides is 1. The van der Waals surface area contributed by atoms with Crippen molar-refractivity contribution in [2.75, 3.05) is 6.54 Å². The normalized spacial score (nSPS) is 13.5. The van der Waals surface area contributed by atoms with Crippen LogP contribution in [0.4, 0.5) is 0 Å². The Morgan fingerprint density at radius 2 is 1.43 bits per heavy atom. The molecule has 0 spiro atoms. The third-order valence-electron chi connectivity index (χ3n) is 2.41. The lowest BCUT2D eigenvalue weighted by Gasteiger charge is -2.17. The van der Waals surface area contributed by atoms with Gasteiger partial charge in [-0.25, -0.2) is 0 Å². The van der Waals surface area contributed by atoms with Crippen LogP contribution in [0, 0.1) is 5.41 Å². The number of carbonyl (C=O) groups is 1. The smallest absolute Gasteiger partial charge is 0.243 e. The Kier molecular flexibility index (Phi) is 10.9. The van der Waals surface area contributed by atoms with E-state index in [9.17, 15) is 4.79 Å². The second-order valence-corrected chi connectivity index (χ2v) is 6.01. The van der Waals surface area contributed by atoms with E-state index in [4.69, 9.17) is 0 Å². The van der Waals surface area contributed by atoms with Crippen molar-refractivity contribution in [2.45, 2.75) is 40.5 Å². The first kappa shape index (κ1) is 19.2. The quantitative estimate of drug-likeness (QED) is 0.507. The summed E-state index contributed by atoms with van der Waals surface area (Å²) >= 11 is 0. The summed E-state index contributed by atoms with van der Waals surface area (Å²) in [6, 6.07) is 0. The molecule has 0 saturated carbocycles. The molecule has 0 saturated heterocycles. The summed E-state index contributed by atoms with van der Waals surface area (Å²) in [6.45, 7) is 9.11.